The monoisotopic (exact) mass is 331 g/mol. The maximum absolute atomic E-state index is 12.1. The van der Waals surface area contributed by atoms with Crippen LogP contribution in [0.5, 0.6) is 0 Å². The molecule has 0 aliphatic carbocycles. The summed E-state index contributed by atoms with van der Waals surface area (Å²) in [5, 5.41) is 19.1. The number of alkyl halides is 1. The van der Waals surface area contributed by atoms with E-state index in [0.717, 1.165) is 0 Å². The molecule has 9 nitrogen and oxygen atoms in total. The quantitative estimate of drug-likeness (QED) is 0.498. The van der Waals surface area contributed by atoms with Gasteiger partial charge in [0, 0.05) is 18.8 Å². The van der Waals surface area contributed by atoms with Crippen molar-refractivity contribution in [2.45, 2.75) is 24.9 Å². The van der Waals surface area contributed by atoms with Gasteiger partial charge in [-0.25, -0.2) is 0 Å². The van der Waals surface area contributed by atoms with Gasteiger partial charge in [-0.3, -0.25) is 9.78 Å². The second-order valence-corrected chi connectivity index (χ2v) is 5.68. The van der Waals surface area contributed by atoms with Crippen molar-refractivity contribution in [1.82, 2.24) is 9.97 Å². The minimum Gasteiger partial charge on any atom is -0.394 e. The SMILES string of the molecule is Nc1nc2c(c(=O)[nH]1)N(CCCl)CN2[C@H]1C[C@H](O)[C@@H](CO)O1. The predicted molar refractivity (Wildman–Crippen MR) is 81.1 cm³/mol. The number of nitrogens with one attached hydrogen (secondary N) is 1. The van der Waals surface area contributed by atoms with Crippen LogP contribution in [0.1, 0.15) is 6.42 Å². The van der Waals surface area contributed by atoms with E-state index in [4.69, 9.17) is 22.1 Å². The first-order valence-electron chi connectivity index (χ1n) is 6.97. The van der Waals surface area contributed by atoms with E-state index in [-0.39, 0.29) is 18.1 Å². The molecule has 122 valence electrons. The van der Waals surface area contributed by atoms with Gasteiger partial charge < -0.3 is 30.5 Å². The van der Waals surface area contributed by atoms with Gasteiger partial charge in [-0.1, -0.05) is 0 Å². The lowest BCUT2D eigenvalue weighted by Gasteiger charge is -2.26. The molecule has 0 aromatic carbocycles. The molecule has 3 atom stereocenters. The Balaban J connectivity index is 1.94. The Morgan fingerprint density at radius 2 is 2.32 bits per heavy atom. The summed E-state index contributed by atoms with van der Waals surface area (Å²) in [5.74, 6) is 0.769. The van der Waals surface area contributed by atoms with E-state index in [1.807, 2.05) is 0 Å². The van der Waals surface area contributed by atoms with Gasteiger partial charge in [0.1, 0.15) is 18.0 Å². The number of aliphatic hydroxyl groups is 2. The van der Waals surface area contributed by atoms with Crippen LogP contribution in [0.3, 0.4) is 0 Å². The van der Waals surface area contributed by atoms with Crippen molar-refractivity contribution in [3.63, 3.8) is 0 Å². The number of aromatic nitrogens is 2. The zero-order valence-electron chi connectivity index (χ0n) is 11.8. The first-order chi connectivity index (χ1) is 10.5. The summed E-state index contributed by atoms with van der Waals surface area (Å²) in [7, 11) is 0. The Hall–Kier alpha value is -1.55. The summed E-state index contributed by atoms with van der Waals surface area (Å²) in [5.41, 5.74) is 5.67. The molecule has 0 radical (unpaired) electrons. The summed E-state index contributed by atoms with van der Waals surface area (Å²) >= 11 is 5.79. The number of nitrogens with two attached hydrogens (primary N) is 1. The molecule has 10 heteroatoms. The van der Waals surface area contributed by atoms with Crippen LogP contribution >= 0.6 is 11.6 Å². The Kier molecular flexibility index (Phi) is 4.13. The molecule has 1 aromatic rings. The molecule has 2 aliphatic rings. The Labute approximate surface area is 131 Å². The molecule has 3 rings (SSSR count). The van der Waals surface area contributed by atoms with Gasteiger partial charge in [0.05, 0.1) is 19.4 Å². The third kappa shape index (κ3) is 2.50. The number of nitrogen functional groups attached to an aromatic ring is 1. The van der Waals surface area contributed by atoms with Gasteiger partial charge in [-0.15, -0.1) is 11.6 Å². The first kappa shape index (κ1) is 15.3. The average Bonchev–Trinajstić information content (AvgIpc) is 3.00. The smallest absolute Gasteiger partial charge is 0.278 e. The normalized spacial score (nSPS) is 27.5. The molecule has 22 heavy (non-hydrogen) atoms. The molecular weight excluding hydrogens is 314 g/mol. The van der Waals surface area contributed by atoms with Crippen LogP contribution in [0, 0.1) is 0 Å². The van der Waals surface area contributed by atoms with Crippen molar-refractivity contribution >= 4 is 29.1 Å². The molecule has 2 aliphatic heterocycles. The molecule has 5 N–H and O–H groups in total. The second kappa shape index (κ2) is 5.92. The van der Waals surface area contributed by atoms with E-state index in [1.165, 1.54) is 0 Å². The van der Waals surface area contributed by atoms with Crippen molar-refractivity contribution in [1.29, 1.82) is 0 Å². The Morgan fingerprint density at radius 1 is 1.55 bits per heavy atom. The maximum Gasteiger partial charge on any atom is 0.278 e. The van der Waals surface area contributed by atoms with E-state index >= 15 is 0 Å². The molecule has 0 amide bonds. The van der Waals surface area contributed by atoms with Gasteiger partial charge in [-0.2, -0.15) is 4.98 Å². The second-order valence-electron chi connectivity index (χ2n) is 5.30. The van der Waals surface area contributed by atoms with Crippen molar-refractivity contribution in [3.05, 3.63) is 10.4 Å². The van der Waals surface area contributed by atoms with E-state index in [0.29, 0.717) is 37.0 Å². The van der Waals surface area contributed by atoms with Crippen LogP contribution in [0.15, 0.2) is 4.79 Å². The standard InChI is InChI=1S/C12H18ClN5O4/c13-1-2-17-5-18(8-3-6(20)7(4-19)22-8)10-9(17)11(21)16-12(14)15-10/h6-8,19-20H,1-5H2,(H3,14,15,16,21)/t6-,7+,8+/m0/s1. The minimum atomic E-state index is -0.764. The van der Waals surface area contributed by atoms with Gasteiger partial charge in [0.25, 0.3) is 5.56 Å². The van der Waals surface area contributed by atoms with Crippen molar-refractivity contribution in [3.8, 4) is 0 Å². The minimum absolute atomic E-state index is 0.0127. The molecule has 0 unspecified atom stereocenters. The van der Waals surface area contributed by atoms with E-state index in [9.17, 15) is 15.0 Å². The molecular formula is C12H18ClN5O4. The lowest BCUT2D eigenvalue weighted by atomic mass is 10.2. The van der Waals surface area contributed by atoms with E-state index < -0.39 is 18.4 Å². The highest BCUT2D eigenvalue weighted by Gasteiger charge is 2.42. The maximum atomic E-state index is 12.1. The van der Waals surface area contributed by atoms with Gasteiger partial charge >= 0.3 is 0 Å². The molecule has 1 fully saturated rings. The highest BCUT2D eigenvalue weighted by Crippen LogP contribution is 2.36. The molecule has 3 heterocycles. The summed E-state index contributed by atoms with van der Waals surface area (Å²) in [4.78, 5) is 22.3. The summed E-state index contributed by atoms with van der Waals surface area (Å²) in [6, 6.07) is 0. The largest absolute Gasteiger partial charge is 0.394 e. The first-order valence-corrected chi connectivity index (χ1v) is 7.50. The van der Waals surface area contributed by atoms with E-state index in [1.54, 1.807) is 9.80 Å². The fraction of sp³-hybridized carbons (Fsp3) is 0.667. The van der Waals surface area contributed by atoms with Crippen molar-refractivity contribution in [2.24, 2.45) is 0 Å². The summed E-state index contributed by atoms with van der Waals surface area (Å²) < 4.78 is 5.64. The number of aliphatic hydroxyl groups excluding tert-OH is 2. The van der Waals surface area contributed by atoms with E-state index in [2.05, 4.69) is 9.97 Å². The van der Waals surface area contributed by atoms with Crippen LogP contribution in [0.25, 0.3) is 0 Å². The fourth-order valence-corrected chi connectivity index (χ4v) is 3.07. The predicted octanol–water partition coefficient (Wildman–Crippen LogP) is -1.36. The van der Waals surface area contributed by atoms with Crippen molar-refractivity contribution in [2.75, 3.05) is 41.2 Å². The number of H-pyrrole nitrogens is 1. The lowest BCUT2D eigenvalue weighted by molar-refractivity contribution is -0.0220. The number of anilines is 3. The molecule has 0 bridgehead atoms. The number of hydrogen-bond acceptors (Lipinski definition) is 8. The van der Waals surface area contributed by atoms with Gasteiger partial charge in [-0.05, 0) is 0 Å². The number of aromatic amines is 1. The fourth-order valence-electron chi connectivity index (χ4n) is 2.86. The van der Waals surface area contributed by atoms with Crippen molar-refractivity contribution < 1.29 is 14.9 Å². The number of fused-ring (bicyclic) bond motifs is 1. The number of nitrogens with zero attached hydrogens (tertiary/aromatic N) is 3. The highest BCUT2D eigenvalue weighted by atomic mass is 35.5. The number of hydrogen-bond donors (Lipinski definition) is 4. The third-order valence-corrected chi connectivity index (χ3v) is 4.06. The zero-order chi connectivity index (χ0) is 15.9. The number of ether oxygens (including phenoxy) is 1. The summed E-state index contributed by atoms with van der Waals surface area (Å²) in [6.07, 6.45) is -1.58. The topological polar surface area (TPSA) is 128 Å². The van der Waals surface area contributed by atoms with Crippen LogP contribution in [-0.2, 0) is 4.74 Å². The van der Waals surface area contributed by atoms with Crippen LogP contribution in [-0.4, -0.2) is 64.3 Å². The van der Waals surface area contributed by atoms with Crippen LogP contribution in [0.2, 0.25) is 0 Å². The highest BCUT2D eigenvalue weighted by molar-refractivity contribution is 6.18. The van der Waals surface area contributed by atoms with Gasteiger partial charge in [0.2, 0.25) is 5.95 Å². The molecule has 1 saturated heterocycles. The lowest BCUT2D eigenvalue weighted by Crippen LogP contribution is -2.40. The summed E-state index contributed by atoms with van der Waals surface area (Å²) in [6.45, 7) is 0.560. The molecule has 0 saturated carbocycles. The average molecular weight is 332 g/mol. The number of halogens is 1. The Morgan fingerprint density at radius 3 is 2.95 bits per heavy atom. The Bertz CT molecular complexity index is 612. The zero-order valence-corrected chi connectivity index (χ0v) is 12.5. The van der Waals surface area contributed by atoms with Crippen LogP contribution < -0.4 is 21.1 Å². The molecule has 0 spiro atoms. The van der Waals surface area contributed by atoms with Gasteiger partial charge in [0.15, 0.2) is 5.82 Å². The molecule has 1 aromatic heterocycles. The third-order valence-electron chi connectivity index (χ3n) is 3.89. The van der Waals surface area contributed by atoms with Crippen LogP contribution in [0.4, 0.5) is 17.5 Å². The number of rotatable bonds is 4.